The van der Waals surface area contributed by atoms with Gasteiger partial charge in [0, 0.05) is 25.4 Å². The lowest BCUT2D eigenvalue weighted by molar-refractivity contribution is 0.920. The van der Waals surface area contributed by atoms with Crippen LogP contribution in [-0.2, 0) is 6.42 Å². The van der Waals surface area contributed by atoms with Crippen molar-refractivity contribution in [3.63, 3.8) is 0 Å². The second-order valence-corrected chi connectivity index (χ2v) is 3.04. The predicted octanol–water partition coefficient (Wildman–Crippen LogP) is 0.436. The number of hydrogen-bond acceptors (Lipinski definition) is 5. The molecule has 6 nitrogen and oxygen atoms in total. The van der Waals surface area contributed by atoms with Crippen LogP contribution in [0.25, 0.3) is 0 Å². The summed E-state index contributed by atoms with van der Waals surface area (Å²) < 4.78 is 0. The topological polar surface area (TPSA) is 92.5 Å². The van der Waals surface area contributed by atoms with Gasteiger partial charge in [-0.1, -0.05) is 0 Å². The zero-order chi connectivity index (χ0) is 10.5. The number of rotatable bonds is 4. The summed E-state index contributed by atoms with van der Waals surface area (Å²) in [6.07, 6.45) is 7.49. The van der Waals surface area contributed by atoms with Crippen LogP contribution >= 0.6 is 0 Å². The molecule has 0 aliphatic heterocycles. The van der Waals surface area contributed by atoms with Gasteiger partial charge in [0.2, 0.25) is 0 Å². The average Bonchev–Trinajstić information content (AvgIpc) is 2.71. The number of nitrogen functional groups attached to an aromatic ring is 1. The molecule has 0 saturated carbocycles. The summed E-state index contributed by atoms with van der Waals surface area (Å²) in [5, 5.41) is 3.11. The maximum Gasteiger partial charge on any atom is 0.146 e. The Hall–Kier alpha value is -2.11. The zero-order valence-corrected chi connectivity index (χ0v) is 8.14. The van der Waals surface area contributed by atoms with E-state index in [0.29, 0.717) is 11.6 Å². The molecule has 0 fully saturated rings. The summed E-state index contributed by atoms with van der Waals surface area (Å²) >= 11 is 0. The van der Waals surface area contributed by atoms with Crippen LogP contribution in [0.1, 0.15) is 5.82 Å². The number of H-pyrrole nitrogens is 1. The molecule has 0 unspecified atom stereocenters. The highest BCUT2D eigenvalue weighted by atomic mass is 15.0. The van der Waals surface area contributed by atoms with Crippen LogP contribution in [0.3, 0.4) is 0 Å². The van der Waals surface area contributed by atoms with E-state index >= 15 is 0 Å². The highest BCUT2D eigenvalue weighted by Crippen LogP contribution is 2.02. The monoisotopic (exact) mass is 204 g/mol. The number of imidazole rings is 1. The molecule has 0 bridgehead atoms. The standard InChI is InChI=1S/C9H12N6/c10-7-5-11-6-9(15-7)12-2-1-8-13-3-4-14-8/h3-6H,1-2H2,(H,13,14)(H3,10,12,15). The van der Waals surface area contributed by atoms with Crippen molar-refractivity contribution in [1.29, 1.82) is 0 Å². The Balaban J connectivity index is 1.83. The summed E-state index contributed by atoms with van der Waals surface area (Å²) in [5.41, 5.74) is 5.49. The Labute approximate surface area is 87.0 Å². The highest BCUT2D eigenvalue weighted by molar-refractivity contribution is 5.38. The van der Waals surface area contributed by atoms with Gasteiger partial charge in [-0.25, -0.2) is 9.97 Å². The minimum Gasteiger partial charge on any atom is -0.382 e. The third-order valence-electron chi connectivity index (χ3n) is 1.88. The first-order valence-electron chi connectivity index (χ1n) is 4.64. The van der Waals surface area contributed by atoms with Gasteiger partial charge in [0.25, 0.3) is 0 Å². The molecule has 4 N–H and O–H groups in total. The number of hydrogen-bond donors (Lipinski definition) is 3. The van der Waals surface area contributed by atoms with Crippen LogP contribution < -0.4 is 11.1 Å². The quantitative estimate of drug-likeness (QED) is 0.671. The highest BCUT2D eigenvalue weighted by Gasteiger charge is 1.96. The predicted molar refractivity (Wildman–Crippen MR) is 57.2 cm³/mol. The van der Waals surface area contributed by atoms with E-state index in [-0.39, 0.29) is 0 Å². The molecule has 0 radical (unpaired) electrons. The Morgan fingerprint density at radius 2 is 2.33 bits per heavy atom. The minimum atomic E-state index is 0.415. The lowest BCUT2D eigenvalue weighted by Gasteiger charge is -2.03. The van der Waals surface area contributed by atoms with E-state index in [1.165, 1.54) is 6.20 Å². The van der Waals surface area contributed by atoms with E-state index < -0.39 is 0 Å². The molecule has 15 heavy (non-hydrogen) atoms. The van der Waals surface area contributed by atoms with Crippen molar-refractivity contribution in [1.82, 2.24) is 19.9 Å². The summed E-state index contributed by atoms with van der Waals surface area (Å²) in [5.74, 6) is 2.04. The molecule has 6 heteroatoms. The van der Waals surface area contributed by atoms with Crippen molar-refractivity contribution in [2.24, 2.45) is 0 Å². The first-order chi connectivity index (χ1) is 7.34. The van der Waals surface area contributed by atoms with E-state index in [1.54, 1.807) is 18.6 Å². The lowest BCUT2D eigenvalue weighted by atomic mass is 10.4. The smallest absolute Gasteiger partial charge is 0.146 e. The molecule has 2 heterocycles. The van der Waals surface area contributed by atoms with Gasteiger partial charge >= 0.3 is 0 Å². The molecule has 0 atom stereocenters. The number of aromatic amines is 1. The van der Waals surface area contributed by atoms with E-state index in [4.69, 9.17) is 5.73 Å². The molecule has 0 amide bonds. The molecular weight excluding hydrogens is 192 g/mol. The van der Waals surface area contributed by atoms with Crippen LogP contribution in [0.15, 0.2) is 24.8 Å². The molecule has 0 saturated heterocycles. The van der Waals surface area contributed by atoms with Crippen molar-refractivity contribution < 1.29 is 0 Å². The van der Waals surface area contributed by atoms with E-state index in [1.807, 2.05) is 0 Å². The summed E-state index contributed by atoms with van der Waals surface area (Å²) in [6, 6.07) is 0. The van der Waals surface area contributed by atoms with Crippen molar-refractivity contribution in [2.75, 3.05) is 17.6 Å². The molecule has 0 spiro atoms. The molecule has 0 aromatic carbocycles. The largest absolute Gasteiger partial charge is 0.382 e. The molecule has 2 rings (SSSR count). The maximum absolute atomic E-state index is 5.49. The van der Waals surface area contributed by atoms with Gasteiger partial charge in [0.05, 0.1) is 12.4 Å². The van der Waals surface area contributed by atoms with E-state index in [2.05, 4.69) is 25.3 Å². The molecule has 0 aliphatic carbocycles. The van der Waals surface area contributed by atoms with E-state index in [9.17, 15) is 0 Å². The molecular formula is C9H12N6. The third-order valence-corrected chi connectivity index (χ3v) is 1.88. The van der Waals surface area contributed by atoms with E-state index in [0.717, 1.165) is 18.8 Å². The maximum atomic E-state index is 5.49. The number of nitrogens with two attached hydrogens (primary N) is 1. The average molecular weight is 204 g/mol. The Morgan fingerprint density at radius 3 is 3.07 bits per heavy atom. The first kappa shape index (κ1) is 9.45. The number of nitrogens with one attached hydrogen (secondary N) is 2. The fourth-order valence-electron chi connectivity index (χ4n) is 1.21. The van der Waals surface area contributed by atoms with Crippen molar-refractivity contribution in [3.8, 4) is 0 Å². The van der Waals surface area contributed by atoms with Crippen LogP contribution in [-0.4, -0.2) is 26.5 Å². The lowest BCUT2D eigenvalue weighted by Crippen LogP contribution is -2.08. The van der Waals surface area contributed by atoms with Gasteiger partial charge in [-0.05, 0) is 0 Å². The molecule has 0 aliphatic rings. The Morgan fingerprint density at radius 1 is 1.40 bits per heavy atom. The third kappa shape index (κ3) is 2.67. The van der Waals surface area contributed by atoms with Gasteiger partial charge in [-0.3, -0.25) is 4.98 Å². The second kappa shape index (κ2) is 4.41. The minimum absolute atomic E-state index is 0.415. The number of aromatic nitrogens is 4. The van der Waals surface area contributed by atoms with Gasteiger partial charge in [0.15, 0.2) is 0 Å². The van der Waals surface area contributed by atoms with Crippen molar-refractivity contribution >= 4 is 11.6 Å². The second-order valence-electron chi connectivity index (χ2n) is 3.04. The molecule has 2 aromatic rings. The molecule has 78 valence electrons. The van der Waals surface area contributed by atoms with Crippen LogP contribution in [0.5, 0.6) is 0 Å². The normalized spacial score (nSPS) is 10.1. The fourth-order valence-corrected chi connectivity index (χ4v) is 1.21. The van der Waals surface area contributed by atoms with Crippen LogP contribution in [0.2, 0.25) is 0 Å². The first-order valence-corrected chi connectivity index (χ1v) is 4.64. The van der Waals surface area contributed by atoms with Gasteiger partial charge < -0.3 is 16.0 Å². The van der Waals surface area contributed by atoms with Crippen molar-refractivity contribution in [2.45, 2.75) is 6.42 Å². The van der Waals surface area contributed by atoms with Gasteiger partial charge in [-0.2, -0.15) is 0 Å². The van der Waals surface area contributed by atoms with Crippen molar-refractivity contribution in [3.05, 3.63) is 30.6 Å². The van der Waals surface area contributed by atoms with Crippen LogP contribution in [0.4, 0.5) is 11.6 Å². The van der Waals surface area contributed by atoms with Gasteiger partial charge in [-0.15, -0.1) is 0 Å². The Kier molecular flexibility index (Phi) is 2.77. The fraction of sp³-hybridized carbons (Fsp3) is 0.222. The summed E-state index contributed by atoms with van der Waals surface area (Å²) in [4.78, 5) is 15.1. The zero-order valence-electron chi connectivity index (χ0n) is 8.14. The number of anilines is 2. The SMILES string of the molecule is Nc1cncc(NCCc2ncc[nH]2)n1. The number of nitrogens with zero attached hydrogens (tertiary/aromatic N) is 3. The molecule has 2 aromatic heterocycles. The van der Waals surface area contributed by atoms with Gasteiger partial charge in [0.1, 0.15) is 17.5 Å². The summed E-state index contributed by atoms with van der Waals surface area (Å²) in [7, 11) is 0. The Bertz CT molecular complexity index is 410. The van der Waals surface area contributed by atoms with Crippen LogP contribution in [0, 0.1) is 0 Å². The summed E-state index contributed by atoms with van der Waals surface area (Å²) in [6.45, 7) is 0.742.